The molecule has 5 aromatic rings. The Morgan fingerprint density at radius 2 is 1.39 bits per heavy atom. The normalized spacial score (nSPS) is 11.0. The zero-order valence-electron chi connectivity index (χ0n) is 17.5. The Morgan fingerprint density at radius 3 is 2.03 bits per heavy atom. The van der Waals surface area contributed by atoms with E-state index >= 15 is 0 Å². The van der Waals surface area contributed by atoms with E-state index in [-0.39, 0.29) is 24.0 Å². The van der Waals surface area contributed by atoms with Crippen LogP contribution in [0.4, 0.5) is 0 Å². The number of aromatic nitrogens is 1. The van der Waals surface area contributed by atoms with Crippen LogP contribution in [0.15, 0.2) is 105 Å². The highest BCUT2D eigenvalue weighted by atomic mass is 127. The molecule has 0 saturated heterocycles. The largest absolute Gasteiger partial charge is 0.354 e. The number of fused-ring (bicyclic) bond motifs is 3. The van der Waals surface area contributed by atoms with Gasteiger partial charge in [0, 0.05) is 35.9 Å². The summed E-state index contributed by atoms with van der Waals surface area (Å²) in [5.74, 6) is 0. The van der Waals surface area contributed by atoms with Gasteiger partial charge in [-0.15, -0.1) is 24.0 Å². The van der Waals surface area contributed by atoms with Crippen LogP contribution < -0.4 is 0 Å². The Labute approximate surface area is 209 Å². The second-order valence-corrected chi connectivity index (χ2v) is 9.70. The van der Waals surface area contributed by atoms with Crippen LogP contribution in [0.1, 0.15) is 18.1 Å². The Morgan fingerprint density at radius 1 is 0.742 bits per heavy atom. The Kier molecular flexibility index (Phi) is 6.99. The number of hydrogen-bond acceptors (Lipinski definition) is 2. The van der Waals surface area contributed by atoms with Gasteiger partial charge in [-0.25, -0.2) is 0 Å². The second-order valence-electron chi connectivity index (χ2n) is 7.44. The van der Waals surface area contributed by atoms with Gasteiger partial charge in [-0.3, -0.25) is 0 Å². The first-order chi connectivity index (χ1) is 14.7. The molecule has 0 fully saturated rings. The van der Waals surface area contributed by atoms with Crippen molar-refractivity contribution < 1.29 is 0 Å². The number of hydrogen-bond donors (Lipinski definition) is 1. The maximum Gasteiger partial charge on any atom is 0.0607 e. The van der Waals surface area contributed by atoms with Gasteiger partial charge in [-0.2, -0.15) is 0 Å². The number of benzene rings is 4. The highest BCUT2D eigenvalue weighted by Crippen LogP contribution is 2.42. The molecule has 31 heavy (non-hydrogen) atoms. The lowest BCUT2D eigenvalue weighted by Crippen LogP contribution is -1.87. The van der Waals surface area contributed by atoms with Crippen LogP contribution in [-0.2, 0) is 6.42 Å². The summed E-state index contributed by atoms with van der Waals surface area (Å²) in [6.07, 6.45) is 1.04. The van der Waals surface area contributed by atoms with Crippen molar-refractivity contribution in [2.45, 2.75) is 39.9 Å². The van der Waals surface area contributed by atoms with E-state index in [4.69, 9.17) is 0 Å². The van der Waals surface area contributed by atoms with Gasteiger partial charge in [0.2, 0.25) is 0 Å². The first-order valence-corrected chi connectivity index (χ1v) is 11.9. The lowest BCUT2D eigenvalue weighted by Gasteiger charge is -2.09. The molecule has 4 aromatic carbocycles. The summed E-state index contributed by atoms with van der Waals surface area (Å²) in [5.41, 5.74) is 5.27. The van der Waals surface area contributed by atoms with Gasteiger partial charge < -0.3 is 4.98 Å². The maximum absolute atomic E-state index is 3.73. The molecule has 0 radical (unpaired) electrons. The molecule has 5 rings (SSSR count). The number of halogens is 1. The van der Waals surface area contributed by atoms with Gasteiger partial charge in [0.1, 0.15) is 0 Å². The predicted octanol–water partition coefficient (Wildman–Crippen LogP) is 9.11. The van der Waals surface area contributed by atoms with E-state index in [1.807, 2.05) is 23.5 Å². The van der Waals surface area contributed by atoms with E-state index in [0.29, 0.717) is 0 Å². The summed E-state index contributed by atoms with van der Waals surface area (Å²) in [6.45, 7) is 4.47. The van der Waals surface area contributed by atoms with Gasteiger partial charge in [0.15, 0.2) is 0 Å². The smallest absolute Gasteiger partial charge is 0.0607 e. The average molecular weight is 554 g/mol. The Balaban J connectivity index is 0.00000231. The average Bonchev–Trinajstić information content (AvgIpc) is 3.14. The predicted molar refractivity (Wildman–Crippen MR) is 146 cm³/mol. The highest BCUT2D eigenvalue weighted by molar-refractivity contribution is 14.0. The van der Waals surface area contributed by atoms with Crippen molar-refractivity contribution in [3.05, 3.63) is 96.1 Å². The van der Waals surface area contributed by atoms with E-state index < -0.39 is 0 Å². The third-order valence-electron chi connectivity index (χ3n) is 5.46. The maximum atomic E-state index is 3.73. The highest BCUT2D eigenvalue weighted by Gasteiger charge is 2.15. The van der Waals surface area contributed by atoms with Crippen LogP contribution in [0, 0.1) is 6.92 Å². The van der Waals surface area contributed by atoms with E-state index in [2.05, 4.69) is 104 Å². The van der Waals surface area contributed by atoms with Gasteiger partial charge in [0.05, 0.1) is 5.52 Å². The molecule has 1 heterocycles. The van der Waals surface area contributed by atoms with Crippen molar-refractivity contribution in [2.24, 2.45) is 0 Å². The van der Waals surface area contributed by atoms with Crippen LogP contribution in [0.5, 0.6) is 0 Å². The number of rotatable bonds is 5. The minimum Gasteiger partial charge on any atom is -0.354 e. The van der Waals surface area contributed by atoms with Crippen molar-refractivity contribution in [2.75, 3.05) is 0 Å². The van der Waals surface area contributed by atoms with Crippen LogP contribution >= 0.6 is 47.5 Å². The summed E-state index contributed by atoms with van der Waals surface area (Å²) in [6, 6.07) is 30.4. The Bertz CT molecular complexity index is 1330. The van der Waals surface area contributed by atoms with E-state index in [0.717, 1.165) is 6.42 Å². The standard InChI is InChI=1S/C27H23NS2.HI/c1-3-22-18(2)14-15-24-26(22)23-16-21(29-19-10-6-4-7-11-19)17-25(27(23)28-24)30-20-12-8-5-9-13-20;/h4-17,28H,3H2,1-2H3;1H. The van der Waals surface area contributed by atoms with E-state index in [1.54, 1.807) is 0 Å². The fourth-order valence-corrected chi connectivity index (χ4v) is 6.04. The monoisotopic (exact) mass is 553 g/mol. The summed E-state index contributed by atoms with van der Waals surface area (Å²) in [5, 5.41) is 2.70. The summed E-state index contributed by atoms with van der Waals surface area (Å²) >= 11 is 3.66. The lowest BCUT2D eigenvalue weighted by atomic mass is 9.99. The fraction of sp³-hybridized carbons (Fsp3) is 0.111. The van der Waals surface area contributed by atoms with Crippen molar-refractivity contribution >= 4 is 69.3 Å². The van der Waals surface area contributed by atoms with E-state index in [9.17, 15) is 0 Å². The van der Waals surface area contributed by atoms with Crippen LogP contribution in [0.3, 0.4) is 0 Å². The number of aryl methyl sites for hydroxylation is 2. The number of H-pyrrole nitrogens is 1. The lowest BCUT2D eigenvalue weighted by molar-refractivity contribution is 1.13. The summed E-state index contributed by atoms with van der Waals surface area (Å²) in [7, 11) is 0. The number of aromatic amines is 1. The van der Waals surface area contributed by atoms with Crippen molar-refractivity contribution in [3.63, 3.8) is 0 Å². The first-order valence-electron chi connectivity index (χ1n) is 10.3. The molecule has 4 heteroatoms. The molecule has 0 bridgehead atoms. The molecule has 1 N–H and O–H groups in total. The molecule has 1 aromatic heterocycles. The van der Waals surface area contributed by atoms with Crippen molar-refractivity contribution in [3.8, 4) is 0 Å². The first kappa shape index (κ1) is 22.3. The molecule has 0 aliphatic rings. The van der Waals surface area contributed by atoms with Crippen LogP contribution in [0.25, 0.3) is 21.8 Å². The molecular formula is C27H24INS2. The molecule has 0 unspecified atom stereocenters. The zero-order valence-corrected chi connectivity index (χ0v) is 21.5. The van der Waals surface area contributed by atoms with Crippen LogP contribution in [-0.4, -0.2) is 4.98 Å². The molecule has 0 spiro atoms. The molecule has 1 nitrogen and oxygen atoms in total. The Hall–Kier alpha value is -1.89. The molecule has 0 amide bonds. The molecule has 156 valence electrons. The fourth-order valence-electron chi connectivity index (χ4n) is 4.05. The van der Waals surface area contributed by atoms with Gasteiger partial charge in [0.25, 0.3) is 0 Å². The zero-order chi connectivity index (χ0) is 20.5. The summed E-state index contributed by atoms with van der Waals surface area (Å²) in [4.78, 5) is 8.79. The molecule has 0 aliphatic carbocycles. The minimum absolute atomic E-state index is 0. The minimum atomic E-state index is 0. The molecule has 0 saturated carbocycles. The third-order valence-corrected chi connectivity index (χ3v) is 7.48. The second kappa shape index (κ2) is 9.72. The van der Waals surface area contributed by atoms with Crippen molar-refractivity contribution in [1.82, 2.24) is 4.98 Å². The quantitative estimate of drug-likeness (QED) is 0.219. The van der Waals surface area contributed by atoms with E-state index in [1.165, 1.54) is 52.5 Å². The third kappa shape index (κ3) is 4.52. The molecule has 0 atom stereocenters. The summed E-state index contributed by atoms with van der Waals surface area (Å²) < 4.78 is 0. The number of nitrogens with one attached hydrogen (secondary N) is 1. The SMILES string of the molecule is CCc1c(C)ccc2[nH]c3c(Sc4ccccc4)cc(Sc4ccccc4)cc3c12.I. The van der Waals surface area contributed by atoms with Crippen LogP contribution in [0.2, 0.25) is 0 Å². The molecule has 0 aliphatic heterocycles. The topological polar surface area (TPSA) is 15.8 Å². The van der Waals surface area contributed by atoms with Gasteiger partial charge in [-0.1, -0.05) is 72.9 Å². The van der Waals surface area contributed by atoms with Crippen molar-refractivity contribution in [1.29, 1.82) is 0 Å². The molecular weight excluding hydrogens is 529 g/mol. The van der Waals surface area contributed by atoms with Gasteiger partial charge in [-0.05, 0) is 66.9 Å². The van der Waals surface area contributed by atoms with Gasteiger partial charge >= 0.3 is 0 Å².